The van der Waals surface area contributed by atoms with Crippen molar-refractivity contribution in [1.29, 1.82) is 0 Å². The highest BCUT2D eigenvalue weighted by Crippen LogP contribution is 2.47. The van der Waals surface area contributed by atoms with Gasteiger partial charge in [-0.2, -0.15) is 0 Å². The number of halogens is 1. The van der Waals surface area contributed by atoms with E-state index in [1.54, 1.807) is 18.2 Å². The van der Waals surface area contributed by atoms with Crippen molar-refractivity contribution in [3.05, 3.63) is 53.8 Å². The molecule has 36 heavy (non-hydrogen) atoms. The normalized spacial score (nSPS) is 25.9. The summed E-state index contributed by atoms with van der Waals surface area (Å²) in [5.74, 6) is -0.130. The lowest BCUT2D eigenvalue weighted by atomic mass is 9.84. The summed E-state index contributed by atoms with van der Waals surface area (Å²) in [4.78, 5) is 12.6. The SMILES string of the molecule is O=C(C[C@@H]1C[C@@H]2c3cc(NS(=O)(=O)c4ccc(F)cc4)ccc3O[C@@H]2[C@H](CO)O1)NC1CCCCC1. The molecule has 0 aromatic heterocycles. The number of fused-ring (bicyclic) bond motifs is 3. The second-order valence-corrected chi connectivity index (χ2v) is 11.5. The number of carbonyl (C=O) groups is 1. The highest BCUT2D eigenvalue weighted by Gasteiger charge is 2.46. The number of sulfonamides is 1. The van der Waals surface area contributed by atoms with Gasteiger partial charge in [0.15, 0.2) is 0 Å². The Bertz CT molecular complexity index is 1200. The fourth-order valence-corrected chi connectivity index (χ4v) is 6.57. The second kappa shape index (κ2) is 10.4. The molecule has 5 rings (SSSR count). The Balaban J connectivity index is 1.30. The molecule has 0 spiro atoms. The summed E-state index contributed by atoms with van der Waals surface area (Å²) in [5.41, 5.74) is 1.15. The first kappa shape index (κ1) is 25.0. The number of hydrogen-bond donors (Lipinski definition) is 3. The van der Waals surface area contributed by atoms with Crippen molar-refractivity contribution in [3.63, 3.8) is 0 Å². The molecule has 8 nitrogen and oxygen atoms in total. The van der Waals surface area contributed by atoms with Gasteiger partial charge in [-0.3, -0.25) is 9.52 Å². The van der Waals surface area contributed by atoms with Crippen molar-refractivity contribution in [2.75, 3.05) is 11.3 Å². The van der Waals surface area contributed by atoms with E-state index >= 15 is 0 Å². The number of nitrogens with one attached hydrogen (secondary N) is 2. The van der Waals surface area contributed by atoms with Gasteiger partial charge in [-0.05, 0) is 61.7 Å². The predicted octanol–water partition coefficient (Wildman–Crippen LogP) is 3.46. The summed E-state index contributed by atoms with van der Waals surface area (Å²) >= 11 is 0. The van der Waals surface area contributed by atoms with Crippen LogP contribution in [0.1, 0.15) is 56.4 Å². The lowest BCUT2D eigenvalue weighted by Crippen LogP contribution is -2.48. The molecule has 2 fully saturated rings. The summed E-state index contributed by atoms with van der Waals surface area (Å²) in [5, 5.41) is 13.1. The van der Waals surface area contributed by atoms with E-state index in [-0.39, 0.29) is 41.9 Å². The molecule has 2 aromatic rings. The third-order valence-electron chi connectivity index (χ3n) is 7.26. The average Bonchev–Trinajstić information content (AvgIpc) is 3.22. The van der Waals surface area contributed by atoms with Crippen molar-refractivity contribution < 1.29 is 32.2 Å². The Labute approximate surface area is 210 Å². The molecular weight excluding hydrogens is 487 g/mol. The fraction of sp³-hybridized carbons (Fsp3) is 0.500. The molecule has 10 heteroatoms. The molecule has 0 unspecified atom stereocenters. The van der Waals surface area contributed by atoms with Gasteiger partial charge in [0.2, 0.25) is 5.91 Å². The van der Waals surface area contributed by atoms with Crippen molar-refractivity contribution in [1.82, 2.24) is 5.32 Å². The number of rotatable bonds is 7. The van der Waals surface area contributed by atoms with Crippen LogP contribution in [0.25, 0.3) is 0 Å². The highest BCUT2D eigenvalue weighted by molar-refractivity contribution is 7.92. The van der Waals surface area contributed by atoms with Gasteiger partial charge in [0.05, 0.1) is 24.0 Å². The molecule has 2 heterocycles. The zero-order chi connectivity index (χ0) is 25.3. The highest BCUT2D eigenvalue weighted by atomic mass is 32.2. The maximum Gasteiger partial charge on any atom is 0.261 e. The molecule has 2 aromatic carbocycles. The van der Waals surface area contributed by atoms with Gasteiger partial charge in [-0.1, -0.05) is 19.3 Å². The van der Waals surface area contributed by atoms with E-state index in [1.165, 1.54) is 18.6 Å². The summed E-state index contributed by atoms with van der Waals surface area (Å²) in [7, 11) is -3.91. The van der Waals surface area contributed by atoms with Crippen LogP contribution in [-0.2, 0) is 19.6 Å². The summed E-state index contributed by atoms with van der Waals surface area (Å²) in [6, 6.07) is 9.82. The van der Waals surface area contributed by atoms with Crippen molar-refractivity contribution >= 4 is 21.6 Å². The van der Waals surface area contributed by atoms with Crippen molar-refractivity contribution in [2.45, 2.75) is 80.1 Å². The predicted molar refractivity (Wildman–Crippen MR) is 131 cm³/mol. The van der Waals surface area contributed by atoms with Crippen LogP contribution in [0.2, 0.25) is 0 Å². The summed E-state index contributed by atoms with van der Waals surface area (Å²) < 4.78 is 53.4. The zero-order valence-corrected chi connectivity index (χ0v) is 20.7. The molecule has 3 N–H and O–H groups in total. The quantitative estimate of drug-likeness (QED) is 0.517. The van der Waals surface area contributed by atoms with E-state index in [0.29, 0.717) is 17.9 Å². The topological polar surface area (TPSA) is 114 Å². The molecule has 1 saturated carbocycles. The van der Waals surface area contributed by atoms with Gasteiger partial charge in [0.25, 0.3) is 10.0 Å². The molecule has 194 valence electrons. The lowest BCUT2D eigenvalue weighted by molar-refractivity contribution is -0.142. The third-order valence-corrected chi connectivity index (χ3v) is 8.66. The van der Waals surface area contributed by atoms with Gasteiger partial charge >= 0.3 is 0 Å². The molecule has 2 aliphatic heterocycles. The second-order valence-electron chi connectivity index (χ2n) is 9.82. The lowest BCUT2D eigenvalue weighted by Gasteiger charge is -2.37. The maximum atomic E-state index is 13.2. The van der Waals surface area contributed by atoms with E-state index in [4.69, 9.17) is 9.47 Å². The molecule has 3 aliphatic rings. The number of aliphatic hydroxyl groups excluding tert-OH is 1. The number of aliphatic hydroxyl groups is 1. The van der Waals surface area contributed by atoms with Gasteiger partial charge in [0, 0.05) is 23.2 Å². The van der Waals surface area contributed by atoms with Crippen LogP contribution in [0.15, 0.2) is 47.4 Å². The van der Waals surface area contributed by atoms with Crippen LogP contribution in [-0.4, -0.2) is 50.4 Å². The van der Waals surface area contributed by atoms with Gasteiger partial charge < -0.3 is 19.9 Å². The van der Waals surface area contributed by atoms with Gasteiger partial charge in [-0.25, -0.2) is 12.8 Å². The van der Waals surface area contributed by atoms with Crippen LogP contribution in [0.5, 0.6) is 5.75 Å². The molecule has 4 atom stereocenters. The Morgan fingerprint density at radius 3 is 2.56 bits per heavy atom. The Morgan fingerprint density at radius 2 is 1.83 bits per heavy atom. The van der Waals surface area contributed by atoms with Crippen LogP contribution < -0.4 is 14.8 Å². The Morgan fingerprint density at radius 1 is 1.08 bits per heavy atom. The molecule has 1 amide bonds. The zero-order valence-electron chi connectivity index (χ0n) is 19.9. The van der Waals surface area contributed by atoms with E-state index < -0.39 is 28.0 Å². The first-order chi connectivity index (χ1) is 17.3. The average molecular weight is 519 g/mol. The minimum atomic E-state index is -3.91. The Kier molecular flexibility index (Phi) is 7.18. The number of hydrogen-bond acceptors (Lipinski definition) is 6. The fourth-order valence-electron chi connectivity index (χ4n) is 5.52. The molecule has 1 saturated heterocycles. The number of ether oxygens (including phenoxy) is 2. The standard InChI is InChI=1S/C26H31FN2O6S/c27-16-6-9-20(10-7-16)36(32,33)29-18-8-11-23-21(12-18)22-13-19(34-24(15-30)26(22)35-23)14-25(31)28-17-4-2-1-3-5-17/h6-12,17,19,22,24,26,29-30H,1-5,13-15H2,(H,28,31)/t19-,22+,24-,26-/m0/s1. The number of anilines is 1. The number of benzene rings is 2. The molecule has 0 bridgehead atoms. The number of amides is 1. The first-order valence-electron chi connectivity index (χ1n) is 12.5. The number of carbonyl (C=O) groups excluding carboxylic acids is 1. The van der Waals surface area contributed by atoms with E-state index in [1.807, 2.05) is 0 Å². The minimum Gasteiger partial charge on any atom is -0.487 e. The van der Waals surface area contributed by atoms with E-state index in [2.05, 4.69) is 10.0 Å². The monoisotopic (exact) mass is 518 g/mol. The van der Waals surface area contributed by atoms with Gasteiger partial charge in [-0.15, -0.1) is 0 Å². The Hall–Kier alpha value is -2.69. The smallest absolute Gasteiger partial charge is 0.261 e. The van der Waals surface area contributed by atoms with Crippen LogP contribution >= 0.6 is 0 Å². The van der Waals surface area contributed by atoms with Crippen LogP contribution in [0, 0.1) is 5.82 Å². The third kappa shape index (κ3) is 5.35. The van der Waals surface area contributed by atoms with Crippen LogP contribution in [0.4, 0.5) is 10.1 Å². The first-order valence-corrected chi connectivity index (χ1v) is 14.0. The molecule has 0 radical (unpaired) electrons. The summed E-state index contributed by atoms with van der Waals surface area (Å²) in [6.45, 7) is -0.250. The van der Waals surface area contributed by atoms with Crippen molar-refractivity contribution in [3.8, 4) is 5.75 Å². The molecule has 1 aliphatic carbocycles. The minimum absolute atomic E-state index is 0.0472. The molecular formula is C26H31FN2O6S. The van der Waals surface area contributed by atoms with Gasteiger partial charge in [0.1, 0.15) is 23.8 Å². The van der Waals surface area contributed by atoms with Crippen molar-refractivity contribution in [2.24, 2.45) is 0 Å². The van der Waals surface area contributed by atoms with Crippen LogP contribution in [0.3, 0.4) is 0 Å². The van der Waals surface area contributed by atoms with E-state index in [0.717, 1.165) is 43.4 Å². The maximum absolute atomic E-state index is 13.2. The van der Waals surface area contributed by atoms with E-state index in [9.17, 15) is 22.7 Å². The summed E-state index contributed by atoms with van der Waals surface area (Å²) in [6.07, 6.45) is 4.77. The largest absolute Gasteiger partial charge is 0.487 e.